The summed E-state index contributed by atoms with van der Waals surface area (Å²) < 4.78 is 31.1. The molecule has 3 aromatic rings. The minimum Gasteiger partial charge on any atom is -0.456 e. The van der Waals surface area contributed by atoms with E-state index in [0.29, 0.717) is 47.9 Å². The monoisotopic (exact) mass is 448 g/mol. The van der Waals surface area contributed by atoms with Crippen LogP contribution in [0.15, 0.2) is 40.8 Å². The number of nitrogens with zero attached hydrogens (tertiary/aromatic N) is 2. The van der Waals surface area contributed by atoms with Crippen molar-refractivity contribution in [1.82, 2.24) is 9.80 Å². The average molecular weight is 449 g/mol. The van der Waals surface area contributed by atoms with Gasteiger partial charge >= 0.3 is 0 Å². The van der Waals surface area contributed by atoms with E-state index in [2.05, 4.69) is 0 Å². The first-order chi connectivity index (χ1) is 14.2. The molecular formula is C21H21ClN2O5S. The van der Waals surface area contributed by atoms with Crippen molar-refractivity contribution in [1.29, 1.82) is 0 Å². The Balaban J connectivity index is 1.48. The molecule has 158 valence electrons. The lowest BCUT2D eigenvalue weighted by atomic mass is 10.1. The largest absolute Gasteiger partial charge is 0.456 e. The summed E-state index contributed by atoms with van der Waals surface area (Å²) in [4.78, 5) is 27.0. The molecule has 0 atom stereocenters. The smallest absolute Gasteiger partial charge is 0.237 e. The Morgan fingerprint density at radius 3 is 2.23 bits per heavy atom. The van der Waals surface area contributed by atoms with Crippen LogP contribution in [-0.4, -0.2) is 62.0 Å². The molecule has 2 heterocycles. The molecule has 0 spiro atoms. The van der Waals surface area contributed by atoms with Gasteiger partial charge < -0.3 is 14.2 Å². The Bertz CT molecular complexity index is 1240. The Morgan fingerprint density at radius 2 is 1.57 bits per heavy atom. The summed E-state index contributed by atoms with van der Waals surface area (Å²) in [6, 6.07) is 10.5. The summed E-state index contributed by atoms with van der Waals surface area (Å²) in [6.07, 6.45) is 0. The summed E-state index contributed by atoms with van der Waals surface area (Å²) in [7, 11) is -3.65. The van der Waals surface area contributed by atoms with Gasteiger partial charge in [-0.2, -0.15) is 0 Å². The molecule has 1 aliphatic heterocycles. The van der Waals surface area contributed by atoms with E-state index >= 15 is 0 Å². The van der Waals surface area contributed by atoms with Crippen LogP contribution >= 0.6 is 11.6 Å². The number of sulfone groups is 1. The van der Waals surface area contributed by atoms with Crippen molar-refractivity contribution in [3.05, 3.63) is 47.0 Å². The third kappa shape index (κ3) is 4.29. The lowest BCUT2D eigenvalue weighted by Crippen LogP contribution is -2.51. The number of benzene rings is 2. The number of fused-ring (bicyclic) bond motifs is 3. The van der Waals surface area contributed by atoms with Crippen LogP contribution in [0.3, 0.4) is 0 Å². The van der Waals surface area contributed by atoms with Gasteiger partial charge in [0.15, 0.2) is 9.84 Å². The summed E-state index contributed by atoms with van der Waals surface area (Å²) in [5.74, 6) is -1.27. The summed E-state index contributed by atoms with van der Waals surface area (Å²) >= 11 is 6.08. The molecule has 4 rings (SSSR count). The molecule has 0 radical (unpaired) electrons. The van der Waals surface area contributed by atoms with Gasteiger partial charge in [-0.3, -0.25) is 9.59 Å². The van der Waals surface area contributed by atoms with Crippen LogP contribution in [0.5, 0.6) is 0 Å². The topological polar surface area (TPSA) is 87.9 Å². The fourth-order valence-electron chi connectivity index (χ4n) is 3.74. The molecule has 30 heavy (non-hydrogen) atoms. The fourth-order valence-corrected chi connectivity index (χ4v) is 5.26. The second-order valence-corrected chi connectivity index (χ2v) is 9.99. The van der Waals surface area contributed by atoms with Gasteiger partial charge in [-0.05, 0) is 35.9 Å². The molecule has 0 N–H and O–H groups in total. The van der Waals surface area contributed by atoms with E-state index in [4.69, 9.17) is 16.0 Å². The third-order valence-electron chi connectivity index (χ3n) is 5.30. The van der Waals surface area contributed by atoms with Crippen molar-refractivity contribution in [3.63, 3.8) is 0 Å². The van der Waals surface area contributed by atoms with E-state index in [9.17, 15) is 18.0 Å². The predicted molar refractivity (Wildman–Crippen MR) is 115 cm³/mol. The molecule has 2 amide bonds. The van der Waals surface area contributed by atoms with Crippen LogP contribution in [0.25, 0.3) is 21.9 Å². The molecule has 0 unspecified atom stereocenters. The highest BCUT2D eigenvalue weighted by molar-refractivity contribution is 7.91. The quantitative estimate of drug-likeness (QED) is 0.612. The highest BCUT2D eigenvalue weighted by Crippen LogP contribution is 2.31. The molecule has 1 saturated heterocycles. The molecule has 9 heteroatoms. The predicted octanol–water partition coefficient (Wildman–Crippen LogP) is 2.84. The van der Waals surface area contributed by atoms with E-state index in [0.717, 1.165) is 10.8 Å². The van der Waals surface area contributed by atoms with Gasteiger partial charge in [-0.1, -0.05) is 17.7 Å². The lowest BCUT2D eigenvalue weighted by molar-refractivity contribution is -0.136. The van der Waals surface area contributed by atoms with E-state index in [1.807, 2.05) is 0 Å². The van der Waals surface area contributed by atoms with Crippen molar-refractivity contribution in [3.8, 4) is 0 Å². The van der Waals surface area contributed by atoms with Crippen LogP contribution < -0.4 is 0 Å². The van der Waals surface area contributed by atoms with Gasteiger partial charge in [-0.25, -0.2) is 8.42 Å². The van der Waals surface area contributed by atoms with Crippen LogP contribution in [-0.2, 0) is 25.2 Å². The molecule has 1 aliphatic rings. The Hall–Kier alpha value is -2.58. The number of halogens is 1. The van der Waals surface area contributed by atoms with Crippen LogP contribution in [0.1, 0.15) is 12.5 Å². The van der Waals surface area contributed by atoms with Crippen LogP contribution in [0.4, 0.5) is 0 Å². The zero-order chi connectivity index (χ0) is 21.5. The van der Waals surface area contributed by atoms with Crippen LogP contribution in [0.2, 0.25) is 5.02 Å². The average Bonchev–Trinajstić information content (AvgIpc) is 3.04. The first-order valence-electron chi connectivity index (χ1n) is 9.56. The number of furan rings is 1. The van der Waals surface area contributed by atoms with Crippen LogP contribution in [0, 0.1) is 0 Å². The van der Waals surface area contributed by atoms with E-state index in [1.165, 1.54) is 11.8 Å². The van der Waals surface area contributed by atoms with Crippen molar-refractivity contribution in [2.24, 2.45) is 0 Å². The Kier molecular flexibility index (Phi) is 5.46. The normalized spacial score (nSPS) is 15.1. The van der Waals surface area contributed by atoms with E-state index < -0.39 is 21.5 Å². The van der Waals surface area contributed by atoms with Gasteiger partial charge in [0.1, 0.15) is 16.9 Å². The van der Waals surface area contributed by atoms with E-state index in [-0.39, 0.29) is 11.7 Å². The Morgan fingerprint density at radius 1 is 0.967 bits per heavy atom. The molecule has 7 nitrogen and oxygen atoms in total. The highest BCUT2D eigenvalue weighted by atomic mass is 35.5. The SMILES string of the molecule is CC(=O)N1CCN(C(=O)CS(=O)(=O)Cc2ccc3oc4ccc(Cl)cc4c3c2)CC1. The number of hydrogen-bond acceptors (Lipinski definition) is 5. The first-order valence-corrected chi connectivity index (χ1v) is 11.8. The number of carbonyl (C=O) groups is 2. The molecule has 0 bridgehead atoms. The first kappa shape index (κ1) is 20.7. The maximum atomic E-state index is 12.7. The summed E-state index contributed by atoms with van der Waals surface area (Å²) in [5, 5.41) is 2.17. The zero-order valence-electron chi connectivity index (χ0n) is 16.4. The van der Waals surface area contributed by atoms with Gasteiger partial charge in [0.05, 0.1) is 5.75 Å². The highest BCUT2D eigenvalue weighted by Gasteiger charge is 2.26. The second kappa shape index (κ2) is 7.92. The van der Waals surface area contributed by atoms with Gasteiger partial charge in [0, 0.05) is 48.9 Å². The lowest BCUT2D eigenvalue weighted by Gasteiger charge is -2.34. The molecule has 1 aromatic heterocycles. The number of carbonyl (C=O) groups excluding carboxylic acids is 2. The maximum Gasteiger partial charge on any atom is 0.237 e. The third-order valence-corrected chi connectivity index (χ3v) is 7.00. The van der Waals surface area contributed by atoms with Gasteiger partial charge in [-0.15, -0.1) is 0 Å². The van der Waals surface area contributed by atoms with E-state index in [1.54, 1.807) is 41.3 Å². The summed E-state index contributed by atoms with van der Waals surface area (Å²) in [5.41, 5.74) is 1.90. The number of amides is 2. The van der Waals surface area contributed by atoms with Crippen molar-refractivity contribution >= 4 is 55.2 Å². The fraction of sp³-hybridized carbons (Fsp3) is 0.333. The standard InChI is InChI=1S/C21H21ClN2O5S/c1-14(25)23-6-8-24(9-7-23)21(26)13-30(27,28)12-15-2-4-19-17(10-15)18-11-16(22)3-5-20(18)29-19/h2-5,10-11H,6-9,12-13H2,1H3. The maximum absolute atomic E-state index is 12.7. The Labute approximate surface area is 179 Å². The number of rotatable bonds is 4. The van der Waals surface area contributed by atoms with Crippen molar-refractivity contribution in [2.45, 2.75) is 12.7 Å². The second-order valence-electron chi connectivity index (χ2n) is 7.49. The molecule has 1 fully saturated rings. The minimum absolute atomic E-state index is 0.0434. The van der Waals surface area contributed by atoms with Gasteiger partial charge in [0.2, 0.25) is 11.8 Å². The van der Waals surface area contributed by atoms with Gasteiger partial charge in [0.25, 0.3) is 0 Å². The zero-order valence-corrected chi connectivity index (χ0v) is 18.0. The van der Waals surface area contributed by atoms with Crippen molar-refractivity contribution in [2.75, 3.05) is 31.9 Å². The number of piperazine rings is 1. The molecule has 0 saturated carbocycles. The summed E-state index contributed by atoms with van der Waals surface area (Å²) in [6.45, 7) is 3.03. The minimum atomic E-state index is -3.65. The molecular weight excluding hydrogens is 428 g/mol. The number of hydrogen-bond donors (Lipinski definition) is 0. The molecule has 0 aliphatic carbocycles. The molecule has 2 aromatic carbocycles. The van der Waals surface area contributed by atoms with Crippen molar-refractivity contribution < 1.29 is 22.4 Å².